The molecule has 1 aromatic carbocycles. The molecule has 6 nitrogen and oxygen atoms in total. The number of aliphatic imine (C=N–C) groups is 1. The number of ether oxygens (including phenoxy) is 1. The van der Waals surface area contributed by atoms with Crippen LogP contribution in [0.3, 0.4) is 0 Å². The van der Waals surface area contributed by atoms with Crippen LogP contribution in [0.5, 0.6) is 0 Å². The Morgan fingerprint density at radius 2 is 2.00 bits per heavy atom. The first-order valence-electron chi connectivity index (χ1n) is 8.25. The van der Waals surface area contributed by atoms with Crippen molar-refractivity contribution in [3.63, 3.8) is 0 Å². The SMILES string of the molecule is N#Cc1cc(Nc2ccc(F)c([C@]3(CF)C[C@@H](C(F)(F)F)OC(N)=N3)c2)ccn1. The van der Waals surface area contributed by atoms with E-state index in [-0.39, 0.29) is 11.4 Å². The maximum Gasteiger partial charge on any atom is 0.425 e. The highest BCUT2D eigenvalue weighted by Crippen LogP contribution is 2.42. The van der Waals surface area contributed by atoms with Crippen molar-refractivity contribution in [2.45, 2.75) is 24.2 Å². The van der Waals surface area contributed by atoms with E-state index in [0.717, 1.165) is 12.1 Å². The third kappa shape index (κ3) is 4.21. The molecule has 11 heteroatoms. The number of aromatic nitrogens is 1. The van der Waals surface area contributed by atoms with Gasteiger partial charge >= 0.3 is 6.18 Å². The number of nitrogens with zero attached hydrogens (tertiary/aromatic N) is 3. The number of alkyl halides is 4. The van der Waals surface area contributed by atoms with Gasteiger partial charge in [-0.25, -0.2) is 18.8 Å². The van der Waals surface area contributed by atoms with Gasteiger partial charge in [0, 0.05) is 29.6 Å². The van der Waals surface area contributed by atoms with Crippen molar-refractivity contribution in [1.29, 1.82) is 5.26 Å². The molecule has 0 saturated heterocycles. The Kier molecular flexibility index (Phi) is 5.28. The summed E-state index contributed by atoms with van der Waals surface area (Å²) >= 11 is 0. The fourth-order valence-corrected chi connectivity index (χ4v) is 2.98. The Labute approximate surface area is 161 Å². The standard InChI is InChI=1S/C18H14F5N5O/c19-9-17(7-15(18(21,22)23)29-16(25)28-17)13-6-10(1-2-14(13)20)27-11-3-4-26-12(5-11)8-24/h1-6,15H,7,9H2,(H2,25,28)(H,26,27)/t15-,17+/m0/s1. The molecule has 0 saturated carbocycles. The number of hydrogen-bond donors (Lipinski definition) is 2. The molecule has 2 heterocycles. The lowest BCUT2D eigenvalue weighted by Gasteiger charge is -2.36. The molecule has 2 aromatic rings. The fraction of sp³-hybridized carbons (Fsp3) is 0.278. The smallest absolute Gasteiger partial charge is 0.425 e. The van der Waals surface area contributed by atoms with Crippen LogP contribution in [0.2, 0.25) is 0 Å². The van der Waals surface area contributed by atoms with Crippen LogP contribution in [0.15, 0.2) is 41.5 Å². The summed E-state index contributed by atoms with van der Waals surface area (Å²) in [6, 6.07) is 7.36. The Morgan fingerprint density at radius 3 is 2.66 bits per heavy atom. The monoisotopic (exact) mass is 411 g/mol. The Morgan fingerprint density at radius 1 is 1.28 bits per heavy atom. The molecule has 3 N–H and O–H groups in total. The van der Waals surface area contributed by atoms with Crippen LogP contribution in [0.1, 0.15) is 17.7 Å². The molecule has 0 aliphatic carbocycles. The molecule has 0 radical (unpaired) electrons. The lowest BCUT2D eigenvalue weighted by atomic mass is 9.84. The minimum Gasteiger partial charge on any atom is -0.452 e. The highest BCUT2D eigenvalue weighted by molar-refractivity contribution is 5.73. The summed E-state index contributed by atoms with van der Waals surface area (Å²) in [6.07, 6.45) is -6.86. The third-order valence-corrected chi connectivity index (χ3v) is 4.33. The van der Waals surface area contributed by atoms with Gasteiger partial charge in [0.05, 0.1) is 0 Å². The van der Waals surface area contributed by atoms with E-state index in [9.17, 15) is 22.0 Å². The average molecular weight is 411 g/mol. The number of amidine groups is 1. The predicted octanol–water partition coefficient (Wildman–Crippen LogP) is 3.67. The first kappa shape index (κ1) is 20.3. The number of nitrogens with two attached hydrogens (primary N) is 1. The van der Waals surface area contributed by atoms with Crippen LogP contribution in [0.4, 0.5) is 33.3 Å². The molecule has 0 unspecified atom stereocenters. The molecular formula is C18H14F5N5O. The number of rotatable bonds is 4. The first-order chi connectivity index (χ1) is 13.7. The predicted molar refractivity (Wildman–Crippen MR) is 93.5 cm³/mol. The van der Waals surface area contributed by atoms with E-state index in [0.29, 0.717) is 5.69 Å². The van der Waals surface area contributed by atoms with E-state index in [4.69, 9.17) is 11.0 Å². The van der Waals surface area contributed by atoms with Gasteiger partial charge < -0.3 is 15.8 Å². The van der Waals surface area contributed by atoms with E-state index in [1.165, 1.54) is 24.4 Å². The Bertz CT molecular complexity index is 987. The fourth-order valence-electron chi connectivity index (χ4n) is 2.98. The molecule has 1 aromatic heterocycles. The molecule has 0 spiro atoms. The number of nitriles is 1. The summed E-state index contributed by atoms with van der Waals surface area (Å²) < 4.78 is 72.4. The quantitative estimate of drug-likeness (QED) is 0.749. The zero-order valence-electron chi connectivity index (χ0n) is 14.7. The molecular weight excluding hydrogens is 397 g/mol. The van der Waals surface area contributed by atoms with Crippen LogP contribution in [-0.4, -0.2) is 30.0 Å². The summed E-state index contributed by atoms with van der Waals surface area (Å²) in [7, 11) is 0. The maximum atomic E-state index is 14.5. The van der Waals surface area contributed by atoms with E-state index in [2.05, 4.69) is 20.0 Å². The normalized spacial score (nSPS) is 21.7. The van der Waals surface area contributed by atoms with Crippen molar-refractivity contribution in [3.05, 3.63) is 53.6 Å². The van der Waals surface area contributed by atoms with Gasteiger partial charge in [-0.15, -0.1) is 0 Å². The lowest BCUT2D eigenvalue weighted by molar-refractivity contribution is -0.209. The molecule has 0 bridgehead atoms. The van der Waals surface area contributed by atoms with Crippen LogP contribution >= 0.6 is 0 Å². The van der Waals surface area contributed by atoms with Crippen LogP contribution in [0.25, 0.3) is 0 Å². The zero-order valence-corrected chi connectivity index (χ0v) is 14.7. The summed E-state index contributed by atoms with van der Waals surface area (Å²) in [6.45, 7) is -1.42. The molecule has 0 fully saturated rings. The van der Waals surface area contributed by atoms with Crippen LogP contribution in [-0.2, 0) is 10.3 Å². The van der Waals surface area contributed by atoms with Crippen LogP contribution < -0.4 is 11.1 Å². The summed E-state index contributed by atoms with van der Waals surface area (Å²) in [5, 5.41) is 11.8. The Balaban J connectivity index is 2.01. The van der Waals surface area contributed by atoms with E-state index < -0.39 is 48.3 Å². The molecule has 1 aliphatic rings. The van der Waals surface area contributed by atoms with Crippen molar-refractivity contribution in [3.8, 4) is 6.07 Å². The molecule has 29 heavy (non-hydrogen) atoms. The van der Waals surface area contributed by atoms with E-state index >= 15 is 0 Å². The highest BCUT2D eigenvalue weighted by atomic mass is 19.4. The molecule has 1 aliphatic heterocycles. The van der Waals surface area contributed by atoms with Crippen molar-refractivity contribution < 1.29 is 26.7 Å². The summed E-state index contributed by atoms with van der Waals surface area (Å²) in [4.78, 5) is 7.48. The van der Waals surface area contributed by atoms with Crippen molar-refractivity contribution in [2.75, 3.05) is 12.0 Å². The van der Waals surface area contributed by atoms with Gasteiger partial charge in [0.25, 0.3) is 6.02 Å². The van der Waals surface area contributed by atoms with E-state index in [1.807, 2.05) is 6.07 Å². The van der Waals surface area contributed by atoms with Gasteiger partial charge in [-0.2, -0.15) is 18.4 Å². The van der Waals surface area contributed by atoms with Crippen molar-refractivity contribution in [2.24, 2.45) is 10.7 Å². The van der Waals surface area contributed by atoms with E-state index in [1.54, 1.807) is 0 Å². The topological polar surface area (TPSA) is 96.3 Å². The number of pyridine rings is 1. The van der Waals surface area contributed by atoms with Gasteiger partial charge in [0.15, 0.2) is 6.10 Å². The zero-order chi connectivity index (χ0) is 21.2. The summed E-state index contributed by atoms with van der Waals surface area (Å²) in [5.74, 6) is -0.944. The molecule has 152 valence electrons. The van der Waals surface area contributed by atoms with Gasteiger partial charge in [-0.3, -0.25) is 0 Å². The highest BCUT2D eigenvalue weighted by Gasteiger charge is 2.52. The third-order valence-electron chi connectivity index (χ3n) is 4.33. The number of benzene rings is 1. The second-order valence-corrected chi connectivity index (χ2v) is 6.33. The number of anilines is 2. The average Bonchev–Trinajstić information content (AvgIpc) is 2.68. The molecule has 0 amide bonds. The van der Waals surface area contributed by atoms with Crippen LogP contribution in [0, 0.1) is 17.1 Å². The van der Waals surface area contributed by atoms with Crippen molar-refractivity contribution >= 4 is 17.4 Å². The molecule has 2 atom stereocenters. The number of halogens is 5. The van der Waals surface area contributed by atoms with Gasteiger partial charge in [0.1, 0.15) is 29.8 Å². The summed E-state index contributed by atoms with van der Waals surface area (Å²) in [5.41, 5.74) is 3.53. The first-order valence-corrected chi connectivity index (χ1v) is 8.25. The Hall–Kier alpha value is -3.42. The largest absolute Gasteiger partial charge is 0.452 e. The lowest BCUT2D eigenvalue weighted by Crippen LogP contribution is -2.48. The van der Waals surface area contributed by atoms with Gasteiger partial charge in [-0.1, -0.05) is 0 Å². The number of hydrogen-bond acceptors (Lipinski definition) is 6. The number of nitrogens with one attached hydrogen (secondary N) is 1. The van der Waals surface area contributed by atoms with Crippen molar-refractivity contribution in [1.82, 2.24) is 4.98 Å². The second-order valence-electron chi connectivity index (χ2n) is 6.33. The molecule has 3 rings (SSSR count). The van der Waals surface area contributed by atoms with Gasteiger partial charge in [0.2, 0.25) is 0 Å². The minimum absolute atomic E-state index is 0.118. The minimum atomic E-state index is -4.84. The van der Waals surface area contributed by atoms with Gasteiger partial charge in [-0.05, 0) is 30.3 Å². The second kappa shape index (κ2) is 7.54. The maximum absolute atomic E-state index is 14.5.